The number of hydrogen-bond donors (Lipinski definition) is 1. The van der Waals surface area contributed by atoms with Gasteiger partial charge in [-0.1, -0.05) is 12.1 Å². The highest BCUT2D eigenvalue weighted by Crippen LogP contribution is 2.33. The number of sulfonamides is 1. The highest BCUT2D eigenvalue weighted by molar-refractivity contribution is 7.92. The Balaban J connectivity index is 2.72. The minimum atomic E-state index is -4.56. The van der Waals surface area contributed by atoms with E-state index in [2.05, 4.69) is 0 Å². The van der Waals surface area contributed by atoms with E-state index in [1.165, 1.54) is 32.0 Å². The summed E-state index contributed by atoms with van der Waals surface area (Å²) in [6.07, 6.45) is 0. The third-order valence-electron chi connectivity index (χ3n) is 3.99. The van der Waals surface area contributed by atoms with Crippen LogP contribution in [0.1, 0.15) is 11.1 Å². The van der Waals surface area contributed by atoms with E-state index in [1.54, 1.807) is 0 Å². The summed E-state index contributed by atoms with van der Waals surface area (Å²) < 4.78 is 26.6. The number of carboxylic acids is 1. The molecule has 0 saturated carbocycles. The lowest BCUT2D eigenvalue weighted by molar-refractivity contribution is -0.385. The highest BCUT2D eigenvalue weighted by Gasteiger charge is 2.31. The molecular formula is C16H15N3O8S. The van der Waals surface area contributed by atoms with Crippen LogP contribution in [0.3, 0.4) is 0 Å². The van der Waals surface area contributed by atoms with Gasteiger partial charge in [0, 0.05) is 17.7 Å². The second-order valence-electron chi connectivity index (χ2n) is 5.79. The number of anilines is 1. The molecule has 0 amide bonds. The fourth-order valence-corrected chi connectivity index (χ4v) is 4.07. The van der Waals surface area contributed by atoms with Crippen LogP contribution in [0.15, 0.2) is 41.3 Å². The molecule has 2 aromatic rings. The van der Waals surface area contributed by atoms with E-state index in [1.807, 2.05) is 0 Å². The fourth-order valence-electron chi connectivity index (χ4n) is 2.58. The van der Waals surface area contributed by atoms with Gasteiger partial charge in [0.05, 0.1) is 26.0 Å². The lowest BCUT2D eigenvalue weighted by atomic mass is 10.1. The molecule has 2 aromatic carbocycles. The number of aryl methyl sites for hydroxylation is 1. The number of nitro groups is 2. The molecule has 2 rings (SSSR count). The van der Waals surface area contributed by atoms with Crippen LogP contribution in [-0.2, 0) is 14.8 Å². The van der Waals surface area contributed by atoms with Gasteiger partial charge in [0.1, 0.15) is 6.54 Å². The number of rotatable bonds is 7. The molecule has 0 radical (unpaired) electrons. The summed E-state index contributed by atoms with van der Waals surface area (Å²) in [5.41, 5.74) is -0.885. The van der Waals surface area contributed by atoms with Crippen molar-refractivity contribution >= 4 is 33.1 Å². The first-order valence-electron chi connectivity index (χ1n) is 7.70. The number of aliphatic carboxylic acids is 1. The molecule has 0 fully saturated rings. The van der Waals surface area contributed by atoms with Gasteiger partial charge < -0.3 is 5.11 Å². The maximum Gasteiger partial charge on any atom is 0.324 e. The molecule has 28 heavy (non-hydrogen) atoms. The molecule has 0 aliphatic rings. The van der Waals surface area contributed by atoms with Crippen LogP contribution in [0, 0.1) is 34.1 Å². The van der Waals surface area contributed by atoms with Crippen LogP contribution in [-0.4, -0.2) is 35.9 Å². The Morgan fingerprint density at radius 1 is 1.07 bits per heavy atom. The molecule has 0 aromatic heterocycles. The van der Waals surface area contributed by atoms with Crippen molar-refractivity contribution in [3.05, 3.63) is 67.8 Å². The quantitative estimate of drug-likeness (QED) is 0.538. The van der Waals surface area contributed by atoms with E-state index >= 15 is 0 Å². The second-order valence-corrected chi connectivity index (χ2v) is 7.65. The minimum absolute atomic E-state index is 0.0565. The summed E-state index contributed by atoms with van der Waals surface area (Å²) in [6, 6.07) is 6.77. The minimum Gasteiger partial charge on any atom is -0.480 e. The summed E-state index contributed by atoms with van der Waals surface area (Å²) >= 11 is 0. The Morgan fingerprint density at radius 2 is 1.68 bits per heavy atom. The van der Waals surface area contributed by atoms with Gasteiger partial charge in [-0.25, -0.2) is 8.42 Å². The van der Waals surface area contributed by atoms with Crippen molar-refractivity contribution in [3.8, 4) is 0 Å². The molecule has 0 unspecified atom stereocenters. The Bertz CT molecular complexity index is 1080. The van der Waals surface area contributed by atoms with Crippen molar-refractivity contribution in [2.45, 2.75) is 18.7 Å². The van der Waals surface area contributed by atoms with E-state index < -0.39 is 48.7 Å². The van der Waals surface area contributed by atoms with E-state index in [9.17, 15) is 33.4 Å². The summed E-state index contributed by atoms with van der Waals surface area (Å²) in [5.74, 6) is -1.50. The van der Waals surface area contributed by atoms with Crippen molar-refractivity contribution in [2.75, 3.05) is 10.8 Å². The monoisotopic (exact) mass is 409 g/mol. The zero-order chi connectivity index (χ0) is 21.2. The Morgan fingerprint density at radius 3 is 2.21 bits per heavy atom. The maximum absolute atomic E-state index is 13.1. The summed E-state index contributed by atoms with van der Waals surface area (Å²) in [4.78, 5) is 31.6. The summed E-state index contributed by atoms with van der Waals surface area (Å²) in [7, 11) is -4.56. The first-order valence-corrected chi connectivity index (χ1v) is 9.14. The summed E-state index contributed by atoms with van der Waals surface area (Å²) in [6.45, 7) is 1.69. The second kappa shape index (κ2) is 7.60. The third-order valence-corrected chi connectivity index (χ3v) is 5.74. The molecule has 0 aliphatic heterocycles. The average molecular weight is 409 g/mol. The zero-order valence-corrected chi connectivity index (χ0v) is 15.5. The van der Waals surface area contributed by atoms with Gasteiger partial charge >= 0.3 is 5.97 Å². The van der Waals surface area contributed by atoms with Gasteiger partial charge in [-0.15, -0.1) is 0 Å². The molecule has 0 aliphatic carbocycles. The zero-order valence-electron chi connectivity index (χ0n) is 14.7. The van der Waals surface area contributed by atoms with Crippen molar-refractivity contribution < 1.29 is 28.2 Å². The van der Waals surface area contributed by atoms with Crippen LogP contribution in [0.2, 0.25) is 0 Å². The van der Waals surface area contributed by atoms with E-state index in [0.717, 1.165) is 18.2 Å². The van der Waals surface area contributed by atoms with Crippen molar-refractivity contribution in [1.29, 1.82) is 0 Å². The number of carboxylic acid groups (broad SMARTS) is 1. The van der Waals surface area contributed by atoms with Crippen LogP contribution < -0.4 is 4.31 Å². The molecule has 0 spiro atoms. The third kappa shape index (κ3) is 3.91. The van der Waals surface area contributed by atoms with Crippen LogP contribution in [0.4, 0.5) is 17.1 Å². The Hall–Kier alpha value is -3.54. The summed E-state index contributed by atoms with van der Waals surface area (Å²) in [5, 5.41) is 31.4. The Kier molecular flexibility index (Phi) is 5.64. The first kappa shape index (κ1) is 20.8. The maximum atomic E-state index is 13.1. The number of nitrogens with zero attached hydrogens (tertiary/aromatic N) is 3. The van der Waals surface area contributed by atoms with E-state index in [4.69, 9.17) is 5.11 Å². The SMILES string of the molecule is Cc1ccc(S(=O)(=O)N(CC(=O)O)c2cccc([N+](=O)[O-])c2C)cc1[N+](=O)[O-]. The number of benzene rings is 2. The molecule has 0 heterocycles. The normalized spacial score (nSPS) is 11.1. The number of nitro benzene ring substituents is 2. The molecule has 1 N–H and O–H groups in total. The van der Waals surface area contributed by atoms with Gasteiger partial charge in [0.15, 0.2) is 0 Å². The van der Waals surface area contributed by atoms with Crippen molar-refractivity contribution in [3.63, 3.8) is 0 Å². The molecule has 0 bridgehead atoms. The standard InChI is InChI=1S/C16H15N3O8S/c1-10-6-7-12(8-15(10)19(24)25)28(26,27)17(9-16(20)21)13-4-3-5-14(11(13)2)18(22)23/h3-8H,9H2,1-2H3,(H,20,21). The largest absolute Gasteiger partial charge is 0.480 e. The van der Waals surface area contributed by atoms with Gasteiger partial charge in [-0.2, -0.15) is 0 Å². The predicted molar refractivity (Wildman–Crippen MR) is 97.8 cm³/mol. The van der Waals surface area contributed by atoms with Crippen molar-refractivity contribution in [2.24, 2.45) is 0 Å². The lowest BCUT2D eigenvalue weighted by Gasteiger charge is -2.24. The van der Waals surface area contributed by atoms with E-state index in [0.29, 0.717) is 4.31 Å². The van der Waals surface area contributed by atoms with Gasteiger partial charge in [0.2, 0.25) is 0 Å². The Labute approximate surface area is 159 Å². The first-order chi connectivity index (χ1) is 13.0. The van der Waals surface area contributed by atoms with Crippen LogP contribution in [0.5, 0.6) is 0 Å². The van der Waals surface area contributed by atoms with E-state index in [-0.39, 0.29) is 16.8 Å². The smallest absolute Gasteiger partial charge is 0.324 e. The molecule has 148 valence electrons. The van der Waals surface area contributed by atoms with Crippen LogP contribution in [0.25, 0.3) is 0 Å². The number of carbonyl (C=O) groups is 1. The average Bonchev–Trinajstić information content (AvgIpc) is 2.59. The predicted octanol–water partition coefficient (Wildman–Crippen LogP) is 2.40. The molecule has 0 atom stereocenters. The fraction of sp³-hybridized carbons (Fsp3) is 0.188. The molecular weight excluding hydrogens is 394 g/mol. The number of hydrogen-bond acceptors (Lipinski definition) is 7. The van der Waals surface area contributed by atoms with Crippen LogP contribution >= 0.6 is 0 Å². The van der Waals surface area contributed by atoms with Gasteiger partial charge in [-0.05, 0) is 26.0 Å². The van der Waals surface area contributed by atoms with Crippen molar-refractivity contribution in [1.82, 2.24) is 0 Å². The lowest BCUT2D eigenvalue weighted by Crippen LogP contribution is -2.36. The topological polar surface area (TPSA) is 161 Å². The molecule has 0 saturated heterocycles. The molecule has 12 heteroatoms. The van der Waals surface area contributed by atoms with Gasteiger partial charge in [0.25, 0.3) is 21.4 Å². The highest BCUT2D eigenvalue weighted by atomic mass is 32.2. The van der Waals surface area contributed by atoms with Gasteiger partial charge in [-0.3, -0.25) is 29.3 Å². The molecule has 11 nitrogen and oxygen atoms in total.